The summed E-state index contributed by atoms with van der Waals surface area (Å²) < 4.78 is 13.3. The minimum atomic E-state index is -0.207. The van der Waals surface area contributed by atoms with Gasteiger partial charge in [-0.3, -0.25) is 9.78 Å². The third-order valence-electron chi connectivity index (χ3n) is 4.84. The molecule has 5 aromatic rings. The zero-order valence-electron chi connectivity index (χ0n) is 17.1. The Bertz CT molecular complexity index is 1480. The lowest BCUT2D eigenvalue weighted by Gasteiger charge is -2.11. The third kappa shape index (κ3) is 3.95. The van der Waals surface area contributed by atoms with Crippen molar-refractivity contribution in [2.24, 2.45) is 0 Å². The summed E-state index contributed by atoms with van der Waals surface area (Å²) in [6.45, 7) is 0.443. The van der Waals surface area contributed by atoms with E-state index in [-0.39, 0.29) is 5.56 Å². The van der Waals surface area contributed by atoms with E-state index in [1.54, 1.807) is 25.6 Å². The zero-order chi connectivity index (χ0) is 21.9. The Kier molecular flexibility index (Phi) is 5.35. The van der Waals surface area contributed by atoms with Crippen LogP contribution in [0, 0.1) is 0 Å². The van der Waals surface area contributed by atoms with E-state index in [2.05, 4.69) is 15.1 Å². The SMILES string of the molecule is COc1cc(C=c2sc3nc(-c4ccncc4)nn3c2=O)ccc1OCc1ccccc1. The molecule has 3 heterocycles. The van der Waals surface area contributed by atoms with Crippen LogP contribution in [-0.4, -0.2) is 26.7 Å². The summed E-state index contributed by atoms with van der Waals surface area (Å²) >= 11 is 1.29. The molecule has 5 rings (SSSR count). The quantitative estimate of drug-likeness (QED) is 0.401. The van der Waals surface area contributed by atoms with Gasteiger partial charge in [-0.1, -0.05) is 47.7 Å². The van der Waals surface area contributed by atoms with Crippen LogP contribution in [0.5, 0.6) is 11.5 Å². The number of fused-ring (bicyclic) bond motifs is 1. The zero-order valence-corrected chi connectivity index (χ0v) is 18.0. The number of ether oxygens (including phenoxy) is 2. The maximum absolute atomic E-state index is 12.8. The van der Waals surface area contributed by atoms with Crippen molar-refractivity contribution in [1.82, 2.24) is 19.6 Å². The molecule has 8 heteroatoms. The number of benzene rings is 2. The summed E-state index contributed by atoms with van der Waals surface area (Å²) in [5.74, 6) is 1.74. The molecule has 0 N–H and O–H groups in total. The van der Waals surface area contributed by atoms with Crippen LogP contribution in [-0.2, 0) is 6.61 Å². The van der Waals surface area contributed by atoms with E-state index in [1.807, 2.05) is 60.7 Å². The van der Waals surface area contributed by atoms with Gasteiger partial charge < -0.3 is 9.47 Å². The first-order valence-electron chi connectivity index (χ1n) is 9.88. The summed E-state index contributed by atoms with van der Waals surface area (Å²) in [5, 5.41) is 4.36. The largest absolute Gasteiger partial charge is 0.493 e. The van der Waals surface area contributed by atoms with E-state index in [9.17, 15) is 4.79 Å². The number of rotatable bonds is 6. The van der Waals surface area contributed by atoms with Gasteiger partial charge >= 0.3 is 0 Å². The van der Waals surface area contributed by atoms with E-state index >= 15 is 0 Å². The molecule has 3 aromatic heterocycles. The topological polar surface area (TPSA) is 78.6 Å². The van der Waals surface area contributed by atoms with Crippen LogP contribution in [0.3, 0.4) is 0 Å². The highest BCUT2D eigenvalue weighted by Crippen LogP contribution is 2.29. The summed E-state index contributed by atoms with van der Waals surface area (Å²) in [4.78, 5) is 21.9. The van der Waals surface area contributed by atoms with Crippen molar-refractivity contribution < 1.29 is 9.47 Å². The lowest BCUT2D eigenvalue weighted by atomic mass is 10.2. The highest BCUT2D eigenvalue weighted by atomic mass is 32.1. The first kappa shape index (κ1) is 19.9. The fourth-order valence-electron chi connectivity index (χ4n) is 3.24. The van der Waals surface area contributed by atoms with Gasteiger partial charge in [0.25, 0.3) is 5.56 Å². The molecular weight excluding hydrogens is 424 g/mol. The minimum Gasteiger partial charge on any atom is -0.493 e. The molecule has 0 aliphatic carbocycles. The van der Waals surface area contributed by atoms with Crippen LogP contribution >= 0.6 is 11.3 Å². The molecule has 0 bridgehead atoms. The Balaban J connectivity index is 1.43. The van der Waals surface area contributed by atoms with Crippen LogP contribution in [0.4, 0.5) is 0 Å². The molecular formula is C24H18N4O3S. The van der Waals surface area contributed by atoms with Gasteiger partial charge in [0.2, 0.25) is 4.96 Å². The first-order chi connectivity index (χ1) is 15.7. The molecule has 0 aliphatic heterocycles. The Labute approximate surface area is 187 Å². The van der Waals surface area contributed by atoms with E-state index in [0.29, 0.717) is 33.4 Å². The van der Waals surface area contributed by atoms with E-state index < -0.39 is 0 Å². The van der Waals surface area contributed by atoms with Gasteiger partial charge in [-0.25, -0.2) is 0 Å². The molecule has 0 aliphatic rings. The highest BCUT2D eigenvalue weighted by molar-refractivity contribution is 7.15. The summed E-state index contributed by atoms with van der Waals surface area (Å²) in [5.41, 5.74) is 2.50. The molecule has 0 fully saturated rings. The lowest BCUT2D eigenvalue weighted by Crippen LogP contribution is -2.23. The number of hydrogen-bond acceptors (Lipinski definition) is 7. The number of nitrogens with zero attached hydrogens (tertiary/aromatic N) is 4. The van der Waals surface area contributed by atoms with Gasteiger partial charge in [0.1, 0.15) is 6.61 Å². The van der Waals surface area contributed by atoms with Gasteiger partial charge in [-0.2, -0.15) is 9.50 Å². The monoisotopic (exact) mass is 442 g/mol. The molecule has 0 atom stereocenters. The maximum Gasteiger partial charge on any atom is 0.291 e. The Morgan fingerprint density at radius 1 is 1.03 bits per heavy atom. The van der Waals surface area contributed by atoms with Crippen LogP contribution < -0.4 is 19.6 Å². The number of thiazole rings is 1. The van der Waals surface area contributed by atoms with Crippen LogP contribution in [0.2, 0.25) is 0 Å². The normalized spacial score (nSPS) is 11.7. The van der Waals surface area contributed by atoms with Crippen molar-refractivity contribution in [3.8, 4) is 22.9 Å². The molecule has 0 amide bonds. The molecule has 2 aromatic carbocycles. The highest BCUT2D eigenvalue weighted by Gasteiger charge is 2.12. The predicted octanol–water partition coefficient (Wildman–Crippen LogP) is 3.35. The van der Waals surface area contributed by atoms with Gasteiger partial charge in [0, 0.05) is 18.0 Å². The molecule has 158 valence electrons. The van der Waals surface area contributed by atoms with Crippen molar-refractivity contribution in [3.63, 3.8) is 0 Å². The van der Waals surface area contributed by atoms with E-state index in [0.717, 1.165) is 16.7 Å². The fraction of sp³-hybridized carbons (Fsp3) is 0.0833. The van der Waals surface area contributed by atoms with Gasteiger partial charge in [-0.05, 0) is 41.5 Å². The van der Waals surface area contributed by atoms with Gasteiger partial charge in [0.15, 0.2) is 17.3 Å². The lowest BCUT2D eigenvalue weighted by molar-refractivity contribution is 0.284. The van der Waals surface area contributed by atoms with Gasteiger partial charge in [-0.15, -0.1) is 5.10 Å². The van der Waals surface area contributed by atoms with Crippen molar-refractivity contribution in [3.05, 3.63) is 99.1 Å². The molecule has 0 saturated carbocycles. The van der Waals surface area contributed by atoms with Crippen molar-refractivity contribution in [2.45, 2.75) is 6.61 Å². The van der Waals surface area contributed by atoms with Crippen LogP contribution in [0.1, 0.15) is 11.1 Å². The Hall–Kier alpha value is -4.04. The molecule has 0 radical (unpaired) electrons. The average molecular weight is 443 g/mol. The van der Waals surface area contributed by atoms with Crippen molar-refractivity contribution in [1.29, 1.82) is 0 Å². The number of pyridine rings is 1. The second-order valence-corrected chi connectivity index (χ2v) is 7.98. The predicted molar refractivity (Wildman–Crippen MR) is 123 cm³/mol. The fourth-order valence-corrected chi connectivity index (χ4v) is 4.14. The third-order valence-corrected chi connectivity index (χ3v) is 5.80. The summed E-state index contributed by atoms with van der Waals surface area (Å²) in [6, 6.07) is 19.1. The van der Waals surface area contributed by atoms with E-state index in [4.69, 9.17) is 9.47 Å². The summed E-state index contributed by atoms with van der Waals surface area (Å²) in [7, 11) is 1.59. The molecule has 32 heavy (non-hydrogen) atoms. The maximum atomic E-state index is 12.8. The first-order valence-corrected chi connectivity index (χ1v) is 10.7. The average Bonchev–Trinajstić information content (AvgIpc) is 3.38. The van der Waals surface area contributed by atoms with E-state index in [1.165, 1.54) is 15.9 Å². The second kappa shape index (κ2) is 8.60. The molecule has 0 spiro atoms. The minimum absolute atomic E-state index is 0.207. The number of hydrogen-bond donors (Lipinski definition) is 0. The van der Waals surface area contributed by atoms with Crippen molar-refractivity contribution >= 4 is 22.4 Å². The molecule has 7 nitrogen and oxygen atoms in total. The van der Waals surface area contributed by atoms with Crippen molar-refractivity contribution in [2.75, 3.05) is 7.11 Å². The Morgan fingerprint density at radius 3 is 2.59 bits per heavy atom. The number of aromatic nitrogens is 4. The molecule has 0 unspecified atom stereocenters. The summed E-state index contributed by atoms with van der Waals surface area (Å²) in [6.07, 6.45) is 5.14. The number of methoxy groups -OCH3 is 1. The molecule has 0 saturated heterocycles. The standard InChI is InChI=1S/C24H18N4O3S/c1-30-20-13-17(7-8-19(20)31-15-16-5-3-2-4-6-16)14-21-23(29)28-24(32-21)26-22(27-28)18-9-11-25-12-10-18/h2-14H,15H2,1H3. The Morgan fingerprint density at radius 2 is 1.84 bits per heavy atom. The van der Waals surface area contributed by atoms with Gasteiger partial charge in [0.05, 0.1) is 11.6 Å². The smallest absolute Gasteiger partial charge is 0.291 e. The second-order valence-electron chi connectivity index (χ2n) is 6.97. The van der Waals surface area contributed by atoms with Crippen LogP contribution in [0.15, 0.2) is 77.9 Å². The van der Waals surface area contributed by atoms with Crippen LogP contribution in [0.25, 0.3) is 22.4 Å².